The van der Waals surface area contributed by atoms with Crippen LogP contribution in [0.15, 0.2) is 76.2 Å². The van der Waals surface area contributed by atoms with Crippen LogP contribution in [0, 0.1) is 0 Å². The fourth-order valence-electron chi connectivity index (χ4n) is 2.90. The first-order chi connectivity index (χ1) is 15.0. The maximum atomic E-state index is 12.4. The zero-order valence-corrected chi connectivity index (χ0v) is 18.1. The summed E-state index contributed by atoms with van der Waals surface area (Å²) in [6.45, 7) is 1.29. The third-order valence-corrected chi connectivity index (χ3v) is 6.26. The van der Waals surface area contributed by atoms with Gasteiger partial charge in [0.05, 0.1) is 30.1 Å². The average Bonchev–Trinajstić information content (AvgIpc) is 3.30. The second kappa shape index (κ2) is 10.9. The van der Waals surface area contributed by atoms with Crippen molar-refractivity contribution in [3.05, 3.63) is 89.4 Å². The summed E-state index contributed by atoms with van der Waals surface area (Å²) in [6.07, 6.45) is 1.61. The molecule has 0 saturated heterocycles. The summed E-state index contributed by atoms with van der Waals surface area (Å²) in [5, 5.41) is 2.85. The second-order valence-electron chi connectivity index (χ2n) is 6.91. The van der Waals surface area contributed by atoms with Crippen LogP contribution in [-0.4, -0.2) is 33.8 Å². The zero-order valence-electron chi connectivity index (χ0n) is 17.2. The Kier molecular flexibility index (Phi) is 8.00. The highest BCUT2D eigenvalue weighted by atomic mass is 32.2. The minimum absolute atomic E-state index is 0.101. The molecule has 1 N–H and O–H groups in total. The second-order valence-corrected chi connectivity index (χ2v) is 9.02. The van der Waals surface area contributed by atoms with Gasteiger partial charge < -0.3 is 19.2 Å². The van der Waals surface area contributed by atoms with E-state index >= 15 is 0 Å². The summed E-state index contributed by atoms with van der Waals surface area (Å²) < 4.78 is 40.0. The van der Waals surface area contributed by atoms with Gasteiger partial charge in [0.1, 0.15) is 12.4 Å². The molecule has 0 aliphatic heterocycles. The Morgan fingerprint density at radius 2 is 1.77 bits per heavy atom. The van der Waals surface area contributed by atoms with E-state index in [1.807, 2.05) is 36.4 Å². The maximum Gasteiger partial charge on any atom is 0.251 e. The molecule has 3 aromatic rings. The summed E-state index contributed by atoms with van der Waals surface area (Å²) in [6, 6.07) is 17.3. The average molecular weight is 444 g/mol. The van der Waals surface area contributed by atoms with E-state index < -0.39 is 9.84 Å². The van der Waals surface area contributed by atoms with Crippen molar-refractivity contribution in [1.29, 1.82) is 0 Å². The summed E-state index contributed by atoms with van der Waals surface area (Å²) in [4.78, 5) is 12.6. The van der Waals surface area contributed by atoms with E-state index in [0.717, 1.165) is 16.9 Å². The van der Waals surface area contributed by atoms with E-state index in [4.69, 9.17) is 13.9 Å². The van der Waals surface area contributed by atoms with Crippen molar-refractivity contribution < 1.29 is 27.1 Å². The maximum absolute atomic E-state index is 12.4. The molecule has 0 aliphatic carbocycles. The number of amides is 1. The van der Waals surface area contributed by atoms with Crippen LogP contribution in [0.5, 0.6) is 0 Å². The molecule has 7 nitrogen and oxygen atoms in total. The molecule has 0 saturated carbocycles. The molecule has 0 unspecified atom stereocenters. The van der Waals surface area contributed by atoms with Crippen molar-refractivity contribution >= 4 is 15.7 Å². The molecule has 0 spiro atoms. The molecular weight excluding hydrogens is 418 g/mol. The first-order valence-electron chi connectivity index (χ1n) is 9.76. The number of carbonyl (C=O) groups excluding carboxylic acids is 1. The lowest BCUT2D eigenvalue weighted by Gasteiger charge is -2.09. The van der Waals surface area contributed by atoms with Crippen LogP contribution in [-0.2, 0) is 39.1 Å². The van der Waals surface area contributed by atoms with Gasteiger partial charge in [-0.3, -0.25) is 4.79 Å². The predicted octanol–water partition coefficient (Wildman–Crippen LogP) is 3.35. The summed E-state index contributed by atoms with van der Waals surface area (Å²) in [5.74, 6) is 0.387. The number of sulfone groups is 1. The fourth-order valence-corrected chi connectivity index (χ4v) is 4.08. The molecule has 0 aliphatic rings. The van der Waals surface area contributed by atoms with Gasteiger partial charge in [-0.2, -0.15) is 0 Å². The Morgan fingerprint density at radius 1 is 1.00 bits per heavy atom. The lowest BCUT2D eigenvalue weighted by Crippen LogP contribution is -2.23. The van der Waals surface area contributed by atoms with Crippen molar-refractivity contribution in [3.8, 4) is 0 Å². The summed E-state index contributed by atoms with van der Waals surface area (Å²) in [5.41, 5.74) is 2.32. The van der Waals surface area contributed by atoms with Crippen molar-refractivity contribution in [2.24, 2.45) is 0 Å². The zero-order chi connectivity index (χ0) is 22.1. The van der Waals surface area contributed by atoms with E-state index in [1.54, 1.807) is 6.26 Å². The van der Waals surface area contributed by atoms with Crippen molar-refractivity contribution in [1.82, 2.24) is 5.32 Å². The molecular formula is C23H25NO6S. The molecule has 2 aromatic carbocycles. The SMILES string of the molecule is COCCS(=O)(=O)c1ccc(C(=O)NCc2cccc(COCc3ccco3)c2)cc1. The van der Waals surface area contributed by atoms with Crippen LogP contribution in [0.25, 0.3) is 0 Å². The van der Waals surface area contributed by atoms with E-state index in [-0.39, 0.29) is 23.2 Å². The molecule has 8 heteroatoms. The fraction of sp³-hybridized carbons (Fsp3) is 0.261. The molecule has 31 heavy (non-hydrogen) atoms. The number of carbonyl (C=O) groups is 1. The smallest absolute Gasteiger partial charge is 0.251 e. The molecule has 3 rings (SSSR count). The number of nitrogens with one attached hydrogen (secondary N) is 1. The van der Waals surface area contributed by atoms with Gasteiger partial charge in [-0.05, 0) is 47.5 Å². The highest BCUT2D eigenvalue weighted by Gasteiger charge is 2.15. The summed E-state index contributed by atoms with van der Waals surface area (Å²) >= 11 is 0. The highest BCUT2D eigenvalue weighted by molar-refractivity contribution is 7.91. The van der Waals surface area contributed by atoms with Crippen LogP contribution >= 0.6 is 0 Å². The van der Waals surface area contributed by atoms with E-state index in [1.165, 1.54) is 31.4 Å². The van der Waals surface area contributed by atoms with Crippen molar-refractivity contribution in [3.63, 3.8) is 0 Å². The van der Waals surface area contributed by atoms with Gasteiger partial charge in [0.25, 0.3) is 5.91 Å². The Hall–Kier alpha value is -2.94. The third kappa shape index (κ3) is 6.78. The number of furan rings is 1. The Balaban J connectivity index is 1.52. The minimum Gasteiger partial charge on any atom is -0.467 e. The van der Waals surface area contributed by atoms with Gasteiger partial charge in [-0.1, -0.05) is 24.3 Å². The Labute approximate surface area is 181 Å². The minimum atomic E-state index is -3.42. The largest absolute Gasteiger partial charge is 0.467 e. The van der Waals surface area contributed by atoms with E-state index in [2.05, 4.69) is 5.32 Å². The van der Waals surface area contributed by atoms with Gasteiger partial charge in [0, 0.05) is 19.2 Å². The molecule has 1 heterocycles. The molecule has 0 atom stereocenters. The third-order valence-electron chi connectivity index (χ3n) is 4.57. The van der Waals surface area contributed by atoms with Crippen LogP contribution in [0.4, 0.5) is 0 Å². The van der Waals surface area contributed by atoms with Gasteiger partial charge >= 0.3 is 0 Å². The number of methoxy groups -OCH3 is 1. The number of hydrogen-bond acceptors (Lipinski definition) is 6. The highest BCUT2D eigenvalue weighted by Crippen LogP contribution is 2.13. The lowest BCUT2D eigenvalue weighted by molar-refractivity contribution is 0.0928. The number of benzene rings is 2. The molecule has 0 bridgehead atoms. The number of rotatable bonds is 11. The Bertz CT molecular complexity index is 1080. The van der Waals surface area contributed by atoms with Gasteiger partial charge in [-0.25, -0.2) is 8.42 Å². The Morgan fingerprint density at radius 3 is 2.48 bits per heavy atom. The molecule has 164 valence electrons. The number of ether oxygens (including phenoxy) is 2. The van der Waals surface area contributed by atoms with Gasteiger partial charge in [0.15, 0.2) is 9.84 Å². The van der Waals surface area contributed by atoms with Gasteiger partial charge in [-0.15, -0.1) is 0 Å². The van der Waals surface area contributed by atoms with Crippen LogP contribution in [0.3, 0.4) is 0 Å². The molecule has 1 aromatic heterocycles. The lowest BCUT2D eigenvalue weighted by atomic mass is 10.1. The van der Waals surface area contributed by atoms with Crippen LogP contribution in [0.1, 0.15) is 27.2 Å². The van der Waals surface area contributed by atoms with Crippen LogP contribution < -0.4 is 5.32 Å². The van der Waals surface area contributed by atoms with Crippen molar-refractivity contribution in [2.45, 2.75) is 24.7 Å². The quantitative estimate of drug-likeness (QED) is 0.488. The first-order valence-corrected chi connectivity index (χ1v) is 11.4. The van der Waals surface area contributed by atoms with Crippen LogP contribution in [0.2, 0.25) is 0 Å². The van der Waals surface area contributed by atoms with Gasteiger partial charge in [0.2, 0.25) is 0 Å². The molecule has 1 amide bonds. The summed E-state index contributed by atoms with van der Waals surface area (Å²) in [7, 11) is -1.97. The van der Waals surface area contributed by atoms with E-state index in [0.29, 0.717) is 25.3 Å². The number of hydrogen-bond donors (Lipinski definition) is 1. The monoisotopic (exact) mass is 443 g/mol. The van der Waals surface area contributed by atoms with Crippen molar-refractivity contribution in [2.75, 3.05) is 19.5 Å². The van der Waals surface area contributed by atoms with E-state index in [9.17, 15) is 13.2 Å². The standard InChI is InChI=1S/C23H25NO6S/c1-28-12-13-31(26,27)22-9-7-20(8-10-22)23(25)24-15-18-4-2-5-19(14-18)16-29-17-21-6-3-11-30-21/h2-11,14H,12-13,15-17H2,1H3,(H,24,25). The topological polar surface area (TPSA) is 94.8 Å². The first kappa shape index (κ1) is 22.7. The predicted molar refractivity (Wildman–Crippen MR) is 115 cm³/mol. The molecule has 0 fully saturated rings. The molecule has 0 radical (unpaired) electrons. The normalized spacial score (nSPS) is 11.4.